The smallest absolute Gasteiger partial charge is 0.169 e. The van der Waals surface area contributed by atoms with Crippen molar-refractivity contribution in [1.29, 1.82) is 0 Å². The second-order valence-electron chi connectivity index (χ2n) is 3.71. The van der Waals surface area contributed by atoms with E-state index in [-0.39, 0.29) is 33.8 Å². The molecule has 1 aromatic heterocycles. The van der Waals surface area contributed by atoms with Crippen LogP contribution in [-0.4, -0.2) is 20.4 Å². The maximum atomic E-state index is 9.76. The molecular formula is C12H8O5. The first-order valence-corrected chi connectivity index (χ1v) is 4.87. The van der Waals surface area contributed by atoms with Crippen LogP contribution in [0.2, 0.25) is 0 Å². The van der Waals surface area contributed by atoms with Crippen molar-refractivity contribution in [2.75, 3.05) is 0 Å². The minimum absolute atomic E-state index is 0.174. The number of furan rings is 1. The summed E-state index contributed by atoms with van der Waals surface area (Å²) in [7, 11) is 0. The minimum Gasteiger partial charge on any atom is -0.504 e. The Morgan fingerprint density at radius 3 is 1.47 bits per heavy atom. The van der Waals surface area contributed by atoms with E-state index in [1.54, 1.807) is 0 Å². The summed E-state index contributed by atoms with van der Waals surface area (Å²) in [5.74, 6) is -1.41. The predicted octanol–water partition coefficient (Wildman–Crippen LogP) is 2.41. The first-order chi connectivity index (χ1) is 8.09. The molecule has 0 bridgehead atoms. The zero-order valence-electron chi connectivity index (χ0n) is 8.51. The molecule has 86 valence electrons. The number of phenols is 4. The fourth-order valence-corrected chi connectivity index (χ4v) is 1.90. The lowest BCUT2D eigenvalue weighted by atomic mass is 10.1. The van der Waals surface area contributed by atoms with Gasteiger partial charge in [-0.25, -0.2) is 0 Å². The van der Waals surface area contributed by atoms with Gasteiger partial charge >= 0.3 is 0 Å². The molecule has 1 heterocycles. The van der Waals surface area contributed by atoms with Gasteiger partial charge in [-0.05, 0) is 24.3 Å². The molecule has 5 nitrogen and oxygen atoms in total. The van der Waals surface area contributed by atoms with Crippen LogP contribution in [0.15, 0.2) is 28.7 Å². The lowest BCUT2D eigenvalue weighted by Crippen LogP contribution is -1.73. The Balaban J connectivity index is 2.65. The molecule has 17 heavy (non-hydrogen) atoms. The second kappa shape index (κ2) is 2.98. The van der Waals surface area contributed by atoms with E-state index >= 15 is 0 Å². The monoisotopic (exact) mass is 232 g/mol. The quantitative estimate of drug-likeness (QED) is 0.446. The van der Waals surface area contributed by atoms with E-state index in [1.807, 2.05) is 0 Å². The highest BCUT2D eigenvalue weighted by molar-refractivity contribution is 6.12. The van der Waals surface area contributed by atoms with E-state index < -0.39 is 0 Å². The number of aromatic hydroxyl groups is 4. The van der Waals surface area contributed by atoms with Crippen LogP contribution < -0.4 is 0 Å². The SMILES string of the molecule is Oc1ccc2oc3ccc(O)c(O)c3c2c1O. The number of rotatable bonds is 0. The van der Waals surface area contributed by atoms with Crippen molar-refractivity contribution >= 4 is 21.9 Å². The maximum Gasteiger partial charge on any atom is 0.169 e. The van der Waals surface area contributed by atoms with Gasteiger partial charge in [0, 0.05) is 0 Å². The third-order valence-electron chi connectivity index (χ3n) is 2.71. The van der Waals surface area contributed by atoms with Gasteiger partial charge in [0.15, 0.2) is 23.0 Å². The molecule has 2 aromatic carbocycles. The highest BCUT2D eigenvalue weighted by atomic mass is 16.3. The molecule has 0 radical (unpaired) electrons. The largest absolute Gasteiger partial charge is 0.504 e. The highest BCUT2D eigenvalue weighted by Gasteiger charge is 2.18. The highest BCUT2D eigenvalue weighted by Crippen LogP contribution is 2.45. The van der Waals surface area contributed by atoms with E-state index in [4.69, 9.17) is 4.42 Å². The zero-order valence-corrected chi connectivity index (χ0v) is 8.51. The van der Waals surface area contributed by atoms with Crippen molar-refractivity contribution in [3.8, 4) is 23.0 Å². The Bertz CT molecular complexity index is 679. The summed E-state index contributed by atoms with van der Waals surface area (Å²) in [6.07, 6.45) is 0. The molecule has 0 spiro atoms. The Labute approximate surface area is 94.8 Å². The Morgan fingerprint density at radius 1 is 0.647 bits per heavy atom. The van der Waals surface area contributed by atoms with Crippen LogP contribution in [0.5, 0.6) is 23.0 Å². The topological polar surface area (TPSA) is 94.1 Å². The molecule has 5 heteroatoms. The third kappa shape index (κ3) is 1.13. The average molecular weight is 232 g/mol. The number of benzene rings is 2. The molecule has 0 amide bonds. The summed E-state index contributed by atoms with van der Waals surface area (Å²) in [6, 6.07) is 5.52. The lowest BCUT2D eigenvalue weighted by molar-refractivity contribution is 0.405. The standard InChI is InChI=1S/C12H8O5/c13-5-1-3-7-9(11(5)15)10-8(17-7)4-2-6(14)12(10)16/h1-4,13-16H. The van der Waals surface area contributed by atoms with Gasteiger partial charge in [0.1, 0.15) is 11.2 Å². The van der Waals surface area contributed by atoms with Gasteiger partial charge in [-0.1, -0.05) is 0 Å². The van der Waals surface area contributed by atoms with Crippen LogP contribution in [0.1, 0.15) is 0 Å². The van der Waals surface area contributed by atoms with Gasteiger partial charge in [-0.15, -0.1) is 0 Å². The second-order valence-corrected chi connectivity index (χ2v) is 3.71. The minimum atomic E-state index is -0.387. The van der Waals surface area contributed by atoms with Gasteiger partial charge in [-0.3, -0.25) is 0 Å². The molecule has 0 aliphatic carbocycles. The fraction of sp³-hybridized carbons (Fsp3) is 0. The summed E-state index contributed by atoms with van der Waals surface area (Å²) in [5.41, 5.74) is 0.632. The molecule has 0 saturated heterocycles. The first-order valence-electron chi connectivity index (χ1n) is 4.87. The Hall–Kier alpha value is -2.56. The number of phenolic OH excluding ortho intramolecular Hbond substituents is 4. The molecule has 3 rings (SSSR count). The van der Waals surface area contributed by atoms with Crippen molar-refractivity contribution in [1.82, 2.24) is 0 Å². The Morgan fingerprint density at radius 2 is 1.06 bits per heavy atom. The van der Waals surface area contributed by atoms with Crippen LogP contribution >= 0.6 is 0 Å². The van der Waals surface area contributed by atoms with Crippen molar-refractivity contribution in [2.45, 2.75) is 0 Å². The van der Waals surface area contributed by atoms with Crippen LogP contribution in [0.4, 0.5) is 0 Å². The molecule has 0 aliphatic rings. The van der Waals surface area contributed by atoms with Crippen LogP contribution in [-0.2, 0) is 0 Å². The van der Waals surface area contributed by atoms with E-state index in [0.717, 1.165) is 0 Å². The summed E-state index contributed by atoms with van der Waals surface area (Å²) in [5, 5.41) is 38.7. The third-order valence-corrected chi connectivity index (χ3v) is 2.71. The van der Waals surface area contributed by atoms with Crippen molar-refractivity contribution < 1.29 is 24.8 Å². The summed E-state index contributed by atoms with van der Waals surface area (Å²) < 4.78 is 5.38. The van der Waals surface area contributed by atoms with Gasteiger partial charge in [-0.2, -0.15) is 0 Å². The molecule has 0 saturated carbocycles. The molecular weight excluding hydrogens is 224 g/mol. The van der Waals surface area contributed by atoms with E-state index in [1.165, 1.54) is 24.3 Å². The number of hydrogen-bond donors (Lipinski definition) is 4. The van der Waals surface area contributed by atoms with E-state index in [9.17, 15) is 20.4 Å². The summed E-state index contributed by atoms with van der Waals surface area (Å²) in [6.45, 7) is 0. The fourth-order valence-electron chi connectivity index (χ4n) is 1.90. The van der Waals surface area contributed by atoms with Gasteiger partial charge in [0.25, 0.3) is 0 Å². The summed E-state index contributed by atoms with van der Waals surface area (Å²) >= 11 is 0. The first kappa shape index (κ1) is 9.65. The van der Waals surface area contributed by atoms with Crippen molar-refractivity contribution in [2.24, 2.45) is 0 Å². The van der Waals surface area contributed by atoms with Crippen molar-refractivity contribution in [3.63, 3.8) is 0 Å². The molecule has 0 aliphatic heterocycles. The molecule has 0 fully saturated rings. The normalized spacial score (nSPS) is 11.3. The zero-order chi connectivity index (χ0) is 12.2. The van der Waals surface area contributed by atoms with Crippen LogP contribution in [0.25, 0.3) is 21.9 Å². The van der Waals surface area contributed by atoms with E-state index in [0.29, 0.717) is 11.2 Å². The predicted molar refractivity (Wildman–Crippen MR) is 60.4 cm³/mol. The number of hydrogen-bond acceptors (Lipinski definition) is 5. The van der Waals surface area contributed by atoms with Crippen LogP contribution in [0, 0.1) is 0 Å². The maximum absolute atomic E-state index is 9.76. The van der Waals surface area contributed by atoms with Gasteiger partial charge < -0.3 is 24.8 Å². The molecule has 0 unspecified atom stereocenters. The molecule has 3 aromatic rings. The number of fused-ring (bicyclic) bond motifs is 3. The average Bonchev–Trinajstić information content (AvgIpc) is 2.69. The molecule has 4 N–H and O–H groups in total. The molecule has 0 atom stereocenters. The summed E-state index contributed by atoms with van der Waals surface area (Å²) in [4.78, 5) is 0. The van der Waals surface area contributed by atoms with Gasteiger partial charge in [0.2, 0.25) is 0 Å². The van der Waals surface area contributed by atoms with Crippen molar-refractivity contribution in [3.05, 3.63) is 24.3 Å². The Kier molecular flexibility index (Phi) is 1.69. The van der Waals surface area contributed by atoms with Crippen LogP contribution in [0.3, 0.4) is 0 Å². The van der Waals surface area contributed by atoms with E-state index in [2.05, 4.69) is 0 Å². The lowest BCUT2D eigenvalue weighted by Gasteiger charge is -2.00. The van der Waals surface area contributed by atoms with Gasteiger partial charge in [0.05, 0.1) is 10.8 Å².